The van der Waals surface area contributed by atoms with Gasteiger partial charge in [-0.15, -0.1) is 0 Å². The highest BCUT2D eigenvalue weighted by Gasteiger charge is 2.28. The van der Waals surface area contributed by atoms with Gasteiger partial charge in [-0.3, -0.25) is 9.59 Å². The van der Waals surface area contributed by atoms with Crippen LogP contribution in [0.4, 0.5) is 0 Å². The fraction of sp³-hybridized carbons (Fsp3) is 0.467. The summed E-state index contributed by atoms with van der Waals surface area (Å²) in [6.07, 6.45) is 1.97. The van der Waals surface area contributed by atoms with Gasteiger partial charge in [-0.2, -0.15) is 0 Å². The van der Waals surface area contributed by atoms with E-state index in [0.29, 0.717) is 31.2 Å². The van der Waals surface area contributed by atoms with Crippen molar-refractivity contribution >= 4 is 37.7 Å². The zero-order chi connectivity index (χ0) is 17.0. The lowest BCUT2D eigenvalue weighted by Gasteiger charge is -2.26. The summed E-state index contributed by atoms with van der Waals surface area (Å²) in [6.45, 7) is 0. The van der Waals surface area contributed by atoms with E-state index in [1.165, 1.54) is 24.3 Å². The minimum Gasteiger partial charge on any atom is -0.481 e. The van der Waals surface area contributed by atoms with E-state index in [1.807, 2.05) is 0 Å². The van der Waals surface area contributed by atoms with Gasteiger partial charge in [0.15, 0.2) is 5.78 Å². The van der Waals surface area contributed by atoms with E-state index in [4.69, 9.17) is 5.11 Å². The summed E-state index contributed by atoms with van der Waals surface area (Å²) >= 11 is 3.07. The number of sulfonamides is 1. The van der Waals surface area contributed by atoms with E-state index >= 15 is 0 Å². The molecule has 1 aliphatic carbocycles. The van der Waals surface area contributed by atoms with Crippen molar-refractivity contribution in [3.8, 4) is 0 Å². The SMILES string of the molecule is O=C(CBr)c1ccc(S(=O)(=O)NC2CCC(C(=O)O)CC2)cc1. The standard InChI is InChI=1S/C15H18BrNO5S/c16-9-14(18)10-3-7-13(8-4-10)23(21,22)17-12-5-1-11(2-6-12)15(19)20/h3-4,7-8,11-12,17H,1-2,5-6,9H2,(H,19,20). The van der Waals surface area contributed by atoms with Gasteiger partial charge in [0.2, 0.25) is 10.0 Å². The van der Waals surface area contributed by atoms with Crippen molar-refractivity contribution in [2.24, 2.45) is 5.92 Å². The number of carboxylic acids is 1. The Morgan fingerprint density at radius 3 is 2.17 bits per heavy atom. The van der Waals surface area contributed by atoms with Gasteiger partial charge in [0, 0.05) is 11.6 Å². The van der Waals surface area contributed by atoms with Crippen molar-refractivity contribution in [2.45, 2.75) is 36.6 Å². The molecule has 1 aromatic carbocycles. The van der Waals surface area contributed by atoms with Crippen LogP contribution in [0.1, 0.15) is 36.0 Å². The Kier molecular flexibility index (Phi) is 5.94. The molecule has 2 N–H and O–H groups in total. The highest BCUT2D eigenvalue weighted by molar-refractivity contribution is 9.09. The minimum absolute atomic E-state index is 0.101. The second-order valence-corrected chi connectivity index (χ2v) is 7.86. The van der Waals surface area contributed by atoms with Gasteiger partial charge in [-0.25, -0.2) is 13.1 Å². The molecule has 1 fully saturated rings. The van der Waals surface area contributed by atoms with Crippen LogP contribution in [0.25, 0.3) is 0 Å². The summed E-state index contributed by atoms with van der Waals surface area (Å²) in [5, 5.41) is 9.14. The molecule has 0 aliphatic heterocycles. The molecule has 1 aliphatic rings. The van der Waals surface area contributed by atoms with Crippen molar-refractivity contribution in [1.82, 2.24) is 4.72 Å². The minimum atomic E-state index is -3.67. The molecule has 0 radical (unpaired) electrons. The number of carbonyl (C=O) groups excluding carboxylic acids is 1. The first-order valence-electron chi connectivity index (χ1n) is 7.28. The molecule has 2 rings (SSSR count). The molecule has 0 bridgehead atoms. The molecule has 0 unspecified atom stereocenters. The number of rotatable bonds is 6. The molecule has 6 nitrogen and oxygen atoms in total. The van der Waals surface area contributed by atoms with Gasteiger partial charge in [-0.1, -0.05) is 28.1 Å². The Morgan fingerprint density at radius 2 is 1.70 bits per heavy atom. The molecule has 0 saturated heterocycles. The van der Waals surface area contributed by atoms with Gasteiger partial charge >= 0.3 is 5.97 Å². The van der Waals surface area contributed by atoms with Gasteiger partial charge in [0.25, 0.3) is 0 Å². The summed E-state index contributed by atoms with van der Waals surface area (Å²) in [6, 6.07) is 5.53. The van der Waals surface area contributed by atoms with Crippen molar-refractivity contribution in [3.05, 3.63) is 29.8 Å². The molecule has 8 heteroatoms. The van der Waals surface area contributed by atoms with E-state index in [2.05, 4.69) is 20.7 Å². The number of carbonyl (C=O) groups is 2. The van der Waals surface area contributed by atoms with Crippen LogP contribution in [0.5, 0.6) is 0 Å². The van der Waals surface area contributed by atoms with Crippen LogP contribution >= 0.6 is 15.9 Å². The Hall–Kier alpha value is -1.25. The lowest BCUT2D eigenvalue weighted by Crippen LogP contribution is -2.38. The fourth-order valence-electron chi connectivity index (χ4n) is 2.64. The van der Waals surface area contributed by atoms with Crippen LogP contribution in [0, 0.1) is 5.92 Å². The summed E-state index contributed by atoms with van der Waals surface area (Å²) in [5.74, 6) is -1.32. The molecule has 1 saturated carbocycles. The van der Waals surface area contributed by atoms with Crippen molar-refractivity contribution in [2.75, 3.05) is 5.33 Å². The van der Waals surface area contributed by atoms with Gasteiger partial charge < -0.3 is 5.11 Å². The normalized spacial score (nSPS) is 21.8. The molecule has 23 heavy (non-hydrogen) atoms. The predicted octanol–water partition coefficient (Wildman–Crippen LogP) is 2.19. The highest BCUT2D eigenvalue weighted by atomic mass is 79.9. The molecule has 0 aromatic heterocycles. The van der Waals surface area contributed by atoms with Crippen LogP contribution in [0.3, 0.4) is 0 Å². The zero-order valence-electron chi connectivity index (χ0n) is 12.4. The number of Topliss-reactive ketones (excluding diaryl/α,β-unsaturated/α-hetero) is 1. The van der Waals surface area contributed by atoms with Crippen LogP contribution in [0.2, 0.25) is 0 Å². The first kappa shape index (κ1) is 18.1. The molecule has 0 atom stereocenters. The molecule has 0 amide bonds. The maximum Gasteiger partial charge on any atom is 0.306 e. The smallest absolute Gasteiger partial charge is 0.306 e. The molecular formula is C15H18BrNO5S. The quantitative estimate of drug-likeness (QED) is 0.559. The molecule has 0 spiro atoms. The van der Waals surface area contributed by atoms with Gasteiger partial charge in [0.05, 0.1) is 16.1 Å². The summed E-state index contributed by atoms with van der Waals surface area (Å²) in [4.78, 5) is 22.5. The van der Waals surface area contributed by atoms with E-state index in [1.54, 1.807) is 0 Å². The van der Waals surface area contributed by atoms with Gasteiger partial charge in [0.1, 0.15) is 0 Å². The van der Waals surface area contributed by atoms with Crippen molar-refractivity contribution < 1.29 is 23.1 Å². The van der Waals surface area contributed by atoms with Crippen molar-refractivity contribution in [1.29, 1.82) is 0 Å². The van der Waals surface area contributed by atoms with Crippen molar-refractivity contribution in [3.63, 3.8) is 0 Å². The maximum absolute atomic E-state index is 12.3. The number of aliphatic carboxylic acids is 1. The average molecular weight is 404 g/mol. The van der Waals surface area contributed by atoms with Crippen LogP contribution in [-0.4, -0.2) is 36.6 Å². The first-order valence-corrected chi connectivity index (χ1v) is 9.88. The number of carboxylic acid groups (broad SMARTS) is 1. The second-order valence-electron chi connectivity index (χ2n) is 5.59. The molecule has 126 valence electrons. The lowest BCUT2D eigenvalue weighted by atomic mass is 9.87. The van der Waals surface area contributed by atoms with Crippen LogP contribution in [-0.2, 0) is 14.8 Å². The molecule has 0 heterocycles. The number of halogens is 1. The number of hydrogen-bond donors (Lipinski definition) is 2. The van der Waals surface area contributed by atoms with E-state index in [0.717, 1.165) is 0 Å². The van der Waals surface area contributed by atoms with E-state index in [9.17, 15) is 18.0 Å². The Labute approximate surface area is 143 Å². The number of benzene rings is 1. The Balaban J connectivity index is 2.02. The second kappa shape index (κ2) is 7.55. The fourth-order valence-corrected chi connectivity index (χ4v) is 4.27. The van der Waals surface area contributed by atoms with Crippen LogP contribution < -0.4 is 4.72 Å². The van der Waals surface area contributed by atoms with Gasteiger partial charge in [-0.05, 0) is 37.8 Å². The highest BCUT2D eigenvalue weighted by Crippen LogP contribution is 2.25. The monoisotopic (exact) mass is 403 g/mol. The third kappa shape index (κ3) is 4.62. The molecular weight excluding hydrogens is 386 g/mol. The van der Waals surface area contributed by atoms with E-state index in [-0.39, 0.29) is 28.0 Å². The average Bonchev–Trinajstić information content (AvgIpc) is 2.54. The number of nitrogens with one attached hydrogen (secondary N) is 1. The summed E-state index contributed by atoms with van der Waals surface area (Å²) in [5.41, 5.74) is 0.447. The Bertz CT molecular complexity index is 678. The summed E-state index contributed by atoms with van der Waals surface area (Å²) < 4.78 is 27.3. The summed E-state index contributed by atoms with van der Waals surface area (Å²) in [7, 11) is -3.67. The Morgan fingerprint density at radius 1 is 1.13 bits per heavy atom. The number of ketones is 1. The first-order chi connectivity index (χ1) is 10.8. The number of hydrogen-bond acceptors (Lipinski definition) is 4. The molecule has 1 aromatic rings. The topological polar surface area (TPSA) is 101 Å². The maximum atomic E-state index is 12.3. The predicted molar refractivity (Wildman–Crippen MR) is 88.3 cm³/mol. The largest absolute Gasteiger partial charge is 0.481 e. The zero-order valence-corrected chi connectivity index (χ0v) is 14.8. The van der Waals surface area contributed by atoms with Crippen LogP contribution in [0.15, 0.2) is 29.2 Å². The third-order valence-corrected chi connectivity index (χ3v) is 6.05. The number of alkyl halides is 1. The lowest BCUT2D eigenvalue weighted by molar-refractivity contribution is -0.142. The third-order valence-electron chi connectivity index (χ3n) is 4.01. The van der Waals surface area contributed by atoms with E-state index < -0.39 is 16.0 Å².